The molecule has 0 bridgehead atoms. The van der Waals surface area contributed by atoms with Gasteiger partial charge in [0.05, 0.1) is 5.69 Å². The van der Waals surface area contributed by atoms with Crippen LogP contribution in [0.15, 0.2) is 121 Å². The minimum atomic E-state index is -0.0590. The summed E-state index contributed by atoms with van der Waals surface area (Å²) in [5, 5.41) is 6.01. The van der Waals surface area contributed by atoms with Gasteiger partial charge in [-0.2, -0.15) is 6.07 Å². The van der Waals surface area contributed by atoms with Gasteiger partial charge in [-0.3, -0.25) is 7.05 Å². The molecule has 0 saturated heterocycles. The molecule has 0 aliphatic heterocycles. The minimum Gasteiger partial charge on any atom is -0.515 e. The number of rotatable bonds is 8. The number of benzene rings is 6. The van der Waals surface area contributed by atoms with E-state index in [1.807, 2.05) is 17.2 Å². The standard InChI is InChI=1S/C57H59N4O.Pt/c1-36-27-37(2)54(38(3)28-36)39-29-44(60(13)51-24-21-41(56(7,8)9)32-49(51)59-43-18-16-17-40(31-43)55(4,5)6)34-46(30-39)62-45-22-23-48-47-19-14-15-20-50(47)61(52(48)35-45)53-33-42(25-26-58-53)57(10,11)12;/h14-33,59H,13H2,1-12H3;/q-3;. The van der Waals surface area contributed by atoms with Gasteiger partial charge in [0.25, 0.3) is 0 Å². The molecule has 0 saturated carbocycles. The van der Waals surface area contributed by atoms with Crippen molar-refractivity contribution in [3.63, 3.8) is 0 Å². The number of nitrogens with one attached hydrogen (secondary N) is 1. The van der Waals surface area contributed by atoms with E-state index in [1.54, 1.807) is 0 Å². The molecule has 2 heterocycles. The van der Waals surface area contributed by atoms with Crippen molar-refractivity contribution in [3.8, 4) is 28.4 Å². The van der Waals surface area contributed by atoms with Crippen LogP contribution in [0.1, 0.15) is 95.7 Å². The zero-order valence-electron chi connectivity index (χ0n) is 38.8. The zero-order chi connectivity index (χ0) is 44.3. The molecule has 1 N–H and O–H groups in total. The van der Waals surface area contributed by atoms with Gasteiger partial charge in [0.15, 0.2) is 0 Å². The summed E-state index contributed by atoms with van der Waals surface area (Å²) >= 11 is 0. The fourth-order valence-electron chi connectivity index (χ4n) is 8.49. The van der Waals surface area contributed by atoms with Crippen molar-refractivity contribution in [1.82, 2.24) is 9.55 Å². The molecule has 8 rings (SSSR count). The van der Waals surface area contributed by atoms with E-state index in [0.717, 1.165) is 61.5 Å². The summed E-state index contributed by atoms with van der Waals surface area (Å²) in [6.07, 6.45) is 1.90. The number of anilines is 4. The largest absolute Gasteiger partial charge is 0.515 e. The third-order valence-electron chi connectivity index (χ3n) is 11.9. The van der Waals surface area contributed by atoms with E-state index < -0.39 is 0 Å². The molecule has 0 aliphatic carbocycles. The average Bonchev–Trinajstić information content (AvgIpc) is 3.53. The molecule has 0 spiro atoms. The van der Waals surface area contributed by atoms with Crippen LogP contribution in [0.5, 0.6) is 11.5 Å². The van der Waals surface area contributed by atoms with Gasteiger partial charge in [-0.05, 0) is 118 Å². The zero-order valence-corrected chi connectivity index (χ0v) is 41.1. The molecular weight excluding hydrogens is 952 g/mol. The van der Waals surface area contributed by atoms with E-state index in [2.05, 4.69) is 214 Å². The van der Waals surface area contributed by atoms with E-state index in [9.17, 15) is 0 Å². The van der Waals surface area contributed by atoms with E-state index in [0.29, 0.717) is 11.5 Å². The summed E-state index contributed by atoms with van der Waals surface area (Å²) in [4.78, 5) is 6.85. The second-order valence-corrected chi connectivity index (χ2v) is 20.0. The van der Waals surface area contributed by atoms with Crippen LogP contribution in [-0.2, 0) is 37.3 Å². The van der Waals surface area contributed by atoms with Crippen LogP contribution in [0.4, 0.5) is 22.7 Å². The first kappa shape index (κ1) is 45.4. The number of aromatic nitrogens is 2. The molecule has 6 aromatic carbocycles. The van der Waals surface area contributed by atoms with Crippen molar-refractivity contribution in [2.75, 3.05) is 10.2 Å². The number of para-hydroxylation sites is 1. The molecule has 0 aliphatic rings. The van der Waals surface area contributed by atoms with Crippen molar-refractivity contribution in [1.29, 1.82) is 0 Å². The number of ether oxygens (including phenoxy) is 1. The quantitative estimate of drug-likeness (QED) is 0.154. The smallest absolute Gasteiger partial charge is 0.135 e. The fourth-order valence-corrected chi connectivity index (χ4v) is 8.49. The van der Waals surface area contributed by atoms with Crippen LogP contribution in [-0.4, -0.2) is 9.55 Å². The second kappa shape index (κ2) is 17.1. The summed E-state index contributed by atoms with van der Waals surface area (Å²) in [5.74, 6) is 1.99. The Kier molecular flexibility index (Phi) is 12.4. The molecule has 5 nitrogen and oxygen atoms in total. The molecule has 6 heteroatoms. The summed E-state index contributed by atoms with van der Waals surface area (Å²) in [6, 6.07) is 48.2. The predicted molar refractivity (Wildman–Crippen MR) is 262 cm³/mol. The number of aryl methyl sites for hydroxylation is 3. The summed E-state index contributed by atoms with van der Waals surface area (Å²) in [6.45, 7) is 26.6. The van der Waals surface area contributed by atoms with Gasteiger partial charge in [-0.15, -0.1) is 47.0 Å². The van der Waals surface area contributed by atoms with Gasteiger partial charge in [-0.1, -0.05) is 122 Å². The van der Waals surface area contributed by atoms with Gasteiger partial charge >= 0.3 is 0 Å². The third kappa shape index (κ3) is 9.36. The minimum absolute atomic E-state index is 0. The summed E-state index contributed by atoms with van der Waals surface area (Å²) in [5.41, 5.74) is 15.0. The van der Waals surface area contributed by atoms with Gasteiger partial charge in [0.1, 0.15) is 5.82 Å². The van der Waals surface area contributed by atoms with E-state index >= 15 is 0 Å². The molecule has 0 amide bonds. The Bertz CT molecular complexity index is 2950. The number of fused-ring (bicyclic) bond motifs is 3. The Morgan fingerprint density at radius 2 is 1.30 bits per heavy atom. The van der Waals surface area contributed by atoms with Crippen molar-refractivity contribution in [2.45, 2.75) is 99.3 Å². The Morgan fingerprint density at radius 3 is 2.00 bits per heavy atom. The molecule has 8 aromatic rings. The van der Waals surface area contributed by atoms with Crippen LogP contribution in [0.2, 0.25) is 0 Å². The summed E-state index contributed by atoms with van der Waals surface area (Å²) in [7, 11) is 4.69. The maximum Gasteiger partial charge on any atom is 0.135 e. The average molecular weight is 1010 g/mol. The Balaban J connectivity index is 0.00000595. The van der Waals surface area contributed by atoms with E-state index in [-0.39, 0.29) is 37.3 Å². The van der Waals surface area contributed by atoms with Crippen LogP contribution in [0, 0.1) is 40.0 Å². The van der Waals surface area contributed by atoms with Gasteiger partial charge < -0.3 is 19.5 Å². The topological polar surface area (TPSA) is 42.3 Å². The molecule has 2 aromatic heterocycles. The molecule has 0 atom stereocenters. The molecule has 0 radical (unpaired) electrons. The van der Waals surface area contributed by atoms with Crippen LogP contribution in [0.3, 0.4) is 0 Å². The normalized spacial score (nSPS) is 12.1. The van der Waals surface area contributed by atoms with Crippen molar-refractivity contribution < 1.29 is 25.8 Å². The van der Waals surface area contributed by atoms with Gasteiger partial charge in [0.2, 0.25) is 0 Å². The van der Waals surface area contributed by atoms with Crippen molar-refractivity contribution >= 4 is 44.6 Å². The number of nitrogens with zero attached hydrogens (tertiary/aromatic N) is 3. The van der Waals surface area contributed by atoms with Crippen LogP contribution in [0.25, 0.3) is 38.8 Å². The van der Waals surface area contributed by atoms with Gasteiger partial charge in [0, 0.05) is 55.7 Å². The maximum atomic E-state index is 6.86. The molecule has 63 heavy (non-hydrogen) atoms. The van der Waals surface area contributed by atoms with E-state index in [1.165, 1.54) is 33.4 Å². The van der Waals surface area contributed by atoms with E-state index in [4.69, 9.17) is 16.8 Å². The van der Waals surface area contributed by atoms with Crippen molar-refractivity contribution in [2.24, 2.45) is 0 Å². The maximum absolute atomic E-state index is 6.86. The van der Waals surface area contributed by atoms with Crippen LogP contribution < -0.4 is 15.0 Å². The first-order valence-corrected chi connectivity index (χ1v) is 21.6. The third-order valence-corrected chi connectivity index (χ3v) is 11.9. The Hall–Kier alpha value is -5.64. The van der Waals surface area contributed by atoms with Crippen LogP contribution >= 0.6 is 0 Å². The molecule has 0 unspecified atom stereocenters. The predicted octanol–water partition coefficient (Wildman–Crippen LogP) is 15.7. The SMILES string of the molecule is [CH2-]N(c1[c-]c(Oc2[c-]c3c(cc2)c2ccccc2n3-c2cc(C(C)(C)C)ccn2)cc(-c2c(C)cc(C)cc2C)c1)c1ccc(C(C)(C)C)cc1Nc1cccc(C(C)(C)C)c1.[Pt]. The summed E-state index contributed by atoms with van der Waals surface area (Å²) < 4.78 is 9.06. The number of hydrogen-bond acceptors (Lipinski definition) is 4. The van der Waals surface area contributed by atoms with Crippen molar-refractivity contribution in [3.05, 3.63) is 174 Å². The first-order chi connectivity index (χ1) is 29.2. The fraction of sp³-hybridized carbons (Fsp3) is 0.263. The first-order valence-electron chi connectivity index (χ1n) is 21.6. The second-order valence-electron chi connectivity index (χ2n) is 20.0. The molecule has 0 fully saturated rings. The Labute approximate surface area is 389 Å². The number of pyridine rings is 1. The number of hydrogen-bond donors (Lipinski definition) is 1. The monoisotopic (exact) mass is 1010 g/mol. The Morgan fingerprint density at radius 1 is 0.635 bits per heavy atom. The van der Waals surface area contributed by atoms with Gasteiger partial charge in [-0.25, -0.2) is 4.98 Å². The molecular formula is C57H59N4OPt-3. The molecule has 326 valence electrons.